The number of aliphatic imine (C=N–C) groups is 1. The molecule has 0 aliphatic carbocycles. The molecule has 1 nitrogen and oxygen atoms in total. The maximum Gasteiger partial charge on any atom is 0.0408 e. The second-order valence-electron chi connectivity index (χ2n) is 3.97. The lowest BCUT2D eigenvalue weighted by Gasteiger charge is -1.98. The molecule has 0 spiro atoms. The van der Waals surface area contributed by atoms with Gasteiger partial charge in [0.05, 0.1) is 0 Å². The summed E-state index contributed by atoms with van der Waals surface area (Å²) in [6, 6.07) is 10.5. The van der Waals surface area contributed by atoms with Crippen LogP contribution in [0.25, 0.3) is 0 Å². The Hall–Kier alpha value is -1.11. The largest absolute Gasteiger partial charge is 0.297 e. The third kappa shape index (κ3) is 4.80. The van der Waals surface area contributed by atoms with Crippen molar-refractivity contribution in [1.82, 2.24) is 0 Å². The third-order valence-corrected chi connectivity index (χ3v) is 2.00. The van der Waals surface area contributed by atoms with Gasteiger partial charge in [-0.15, -0.1) is 0 Å². The standard InChI is InChI=1S/C13H19N/c1-12(2)11-14-10-6-9-13-7-4-3-5-8-13/h3-5,7-8,10,12H,6,9,11H2,1-2H3. The second kappa shape index (κ2) is 6.36. The van der Waals surface area contributed by atoms with Crippen molar-refractivity contribution >= 4 is 6.21 Å². The molecule has 1 aromatic rings. The molecule has 0 amide bonds. The lowest BCUT2D eigenvalue weighted by atomic mass is 10.1. The SMILES string of the molecule is CC(C)CN=CCCc1ccccc1. The van der Waals surface area contributed by atoms with Crippen LogP contribution >= 0.6 is 0 Å². The van der Waals surface area contributed by atoms with Gasteiger partial charge in [0.1, 0.15) is 0 Å². The summed E-state index contributed by atoms with van der Waals surface area (Å²) in [5, 5.41) is 0. The molecule has 0 saturated heterocycles. The average molecular weight is 189 g/mol. The number of hydrogen-bond acceptors (Lipinski definition) is 1. The van der Waals surface area contributed by atoms with E-state index in [2.05, 4.69) is 49.2 Å². The number of aryl methyl sites for hydroxylation is 1. The smallest absolute Gasteiger partial charge is 0.0408 e. The molecule has 1 rings (SSSR count). The predicted octanol–water partition coefficient (Wildman–Crippen LogP) is 3.35. The van der Waals surface area contributed by atoms with Gasteiger partial charge < -0.3 is 0 Å². The van der Waals surface area contributed by atoms with Gasteiger partial charge in [0.15, 0.2) is 0 Å². The molecule has 14 heavy (non-hydrogen) atoms. The molecular weight excluding hydrogens is 170 g/mol. The van der Waals surface area contributed by atoms with E-state index >= 15 is 0 Å². The molecule has 0 N–H and O–H groups in total. The van der Waals surface area contributed by atoms with Crippen LogP contribution in [0.4, 0.5) is 0 Å². The van der Waals surface area contributed by atoms with E-state index in [1.165, 1.54) is 5.56 Å². The quantitative estimate of drug-likeness (QED) is 0.630. The van der Waals surface area contributed by atoms with Crippen molar-refractivity contribution in [3.8, 4) is 0 Å². The summed E-state index contributed by atoms with van der Waals surface area (Å²) >= 11 is 0. The summed E-state index contributed by atoms with van der Waals surface area (Å²) in [4.78, 5) is 4.36. The predicted molar refractivity (Wildman–Crippen MR) is 63.0 cm³/mol. The Balaban J connectivity index is 2.19. The molecule has 0 aliphatic heterocycles. The molecule has 0 radical (unpaired) electrons. The number of rotatable bonds is 5. The van der Waals surface area contributed by atoms with E-state index < -0.39 is 0 Å². The van der Waals surface area contributed by atoms with E-state index in [1.807, 2.05) is 6.21 Å². The molecule has 0 bridgehead atoms. The van der Waals surface area contributed by atoms with Gasteiger partial charge in [0.25, 0.3) is 0 Å². The summed E-state index contributed by atoms with van der Waals surface area (Å²) in [6.07, 6.45) is 4.20. The fourth-order valence-electron chi connectivity index (χ4n) is 1.25. The fraction of sp³-hybridized carbons (Fsp3) is 0.462. The first-order chi connectivity index (χ1) is 6.79. The van der Waals surface area contributed by atoms with Crippen molar-refractivity contribution in [1.29, 1.82) is 0 Å². The highest BCUT2D eigenvalue weighted by atomic mass is 14.7. The Bertz CT molecular complexity index is 262. The summed E-state index contributed by atoms with van der Waals surface area (Å²) in [5.41, 5.74) is 1.39. The number of nitrogens with zero attached hydrogens (tertiary/aromatic N) is 1. The van der Waals surface area contributed by atoms with Crippen LogP contribution < -0.4 is 0 Å². The van der Waals surface area contributed by atoms with Crippen molar-refractivity contribution in [3.63, 3.8) is 0 Å². The Morgan fingerprint density at radius 3 is 2.57 bits per heavy atom. The van der Waals surface area contributed by atoms with Gasteiger partial charge in [0, 0.05) is 6.54 Å². The minimum absolute atomic E-state index is 0.669. The highest BCUT2D eigenvalue weighted by Crippen LogP contribution is 2.01. The summed E-state index contributed by atoms with van der Waals surface area (Å²) < 4.78 is 0. The number of benzene rings is 1. The molecule has 0 aliphatic rings. The summed E-state index contributed by atoms with van der Waals surface area (Å²) in [6.45, 7) is 5.33. The lowest BCUT2D eigenvalue weighted by Crippen LogP contribution is -1.93. The minimum atomic E-state index is 0.669. The maximum atomic E-state index is 4.36. The second-order valence-corrected chi connectivity index (χ2v) is 3.97. The topological polar surface area (TPSA) is 12.4 Å². The van der Waals surface area contributed by atoms with Crippen molar-refractivity contribution in [2.24, 2.45) is 10.9 Å². The molecular formula is C13H19N. The Morgan fingerprint density at radius 2 is 1.93 bits per heavy atom. The molecule has 1 aromatic carbocycles. The normalized spacial score (nSPS) is 11.4. The van der Waals surface area contributed by atoms with E-state index in [0.717, 1.165) is 19.4 Å². The van der Waals surface area contributed by atoms with Gasteiger partial charge in [-0.1, -0.05) is 44.2 Å². The van der Waals surface area contributed by atoms with Crippen molar-refractivity contribution < 1.29 is 0 Å². The molecule has 0 fully saturated rings. The van der Waals surface area contributed by atoms with E-state index in [1.54, 1.807) is 0 Å². The third-order valence-electron chi connectivity index (χ3n) is 2.00. The van der Waals surface area contributed by atoms with E-state index in [-0.39, 0.29) is 0 Å². The zero-order valence-electron chi connectivity index (χ0n) is 9.11. The first-order valence-corrected chi connectivity index (χ1v) is 5.31. The Morgan fingerprint density at radius 1 is 1.21 bits per heavy atom. The van der Waals surface area contributed by atoms with Crippen LogP contribution in [-0.2, 0) is 6.42 Å². The van der Waals surface area contributed by atoms with Crippen molar-refractivity contribution in [2.75, 3.05) is 6.54 Å². The van der Waals surface area contributed by atoms with Crippen LogP contribution in [0.3, 0.4) is 0 Å². The summed E-state index contributed by atoms with van der Waals surface area (Å²) in [7, 11) is 0. The summed E-state index contributed by atoms with van der Waals surface area (Å²) in [5.74, 6) is 0.669. The highest BCUT2D eigenvalue weighted by molar-refractivity contribution is 5.57. The first kappa shape index (κ1) is 11.0. The van der Waals surface area contributed by atoms with Crippen LogP contribution in [0.1, 0.15) is 25.8 Å². The molecule has 0 atom stereocenters. The maximum absolute atomic E-state index is 4.36. The van der Waals surface area contributed by atoms with Crippen LogP contribution in [0.15, 0.2) is 35.3 Å². The van der Waals surface area contributed by atoms with Crippen LogP contribution in [0, 0.1) is 5.92 Å². The molecule has 76 valence electrons. The molecule has 0 heterocycles. The number of hydrogen-bond donors (Lipinski definition) is 0. The Labute approximate surface area is 86.9 Å². The van der Waals surface area contributed by atoms with Gasteiger partial charge in [0.2, 0.25) is 0 Å². The van der Waals surface area contributed by atoms with E-state index in [0.29, 0.717) is 5.92 Å². The average Bonchev–Trinajstić information content (AvgIpc) is 2.18. The minimum Gasteiger partial charge on any atom is -0.297 e. The molecule has 1 heteroatoms. The van der Waals surface area contributed by atoms with Gasteiger partial charge >= 0.3 is 0 Å². The van der Waals surface area contributed by atoms with Gasteiger partial charge in [-0.05, 0) is 30.5 Å². The molecule has 0 unspecified atom stereocenters. The van der Waals surface area contributed by atoms with E-state index in [4.69, 9.17) is 0 Å². The molecule has 0 aromatic heterocycles. The van der Waals surface area contributed by atoms with Crippen molar-refractivity contribution in [2.45, 2.75) is 26.7 Å². The van der Waals surface area contributed by atoms with Crippen LogP contribution in [0.2, 0.25) is 0 Å². The highest BCUT2D eigenvalue weighted by Gasteiger charge is 1.90. The van der Waals surface area contributed by atoms with Crippen LogP contribution in [0.5, 0.6) is 0 Å². The monoisotopic (exact) mass is 189 g/mol. The van der Waals surface area contributed by atoms with Gasteiger partial charge in [-0.25, -0.2) is 0 Å². The lowest BCUT2D eigenvalue weighted by molar-refractivity contribution is 0.666. The zero-order valence-corrected chi connectivity index (χ0v) is 9.11. The van der Waals surface area contributed by atoms with Gasteiger partial charge in [-0.3, -0.25) is 4.99 Å². The van der Waals surface area contributed by atoms with Crippen molar-refractivity contribution in [3.05, 3.63) is 35.9 Å². The van der Waals surface area contributed by atoms with Gasteiger partial charge in [-0.2, -0.15) is 0 Å². The molecule has 0 saturated carbocycles. The Kier molecular flexibility index (Phi) is 4.98. The first-order valence-electron chi connectivity index (χ1n) is 5.31. The fourth-order valence-corrected chi connectivity index (χ4v) is 1.25. The zero-order chi connectivity index (χ0) is 10.2. The van der Waals surface area contributed by atoms with Crippen LogP contribution in [-0.4, -0.2) is 12.8 Å². The van der Waals surface area contributed by atoms with E-state index in [9.17, 15) is 0 Å².